The minimum atomic E-state index is -0.300. The van der Waals surface area contributed by atoms with Gasteiger partial charge in [-0.2, -0.15) is 0 Å². The van der Waals surface area contributed by atoms with Crippen molar-refractivity contribution in [2.75, 3.05) is 6.61 Å². The highest BCUT2D eigenvalue weighted by molar-refractivity contribution is 5.93. The van der Waals surface area contributed by atoms with E-state index in [1.165, 1.54) is 0 Å². The predicted molar refractivity (Wildman–Crippen MR) is 107 cm³/mol. The van der Waals surface area contributed by atoms with Gasteiger partial charge in [-0.15, -0.1) is 0 Å². The number of aryl methyl sites for hydroxylation is 1. The number of esters is 1. The maximum absolute atomic E-state index is 13.1. The molecule has 4 aromatic rings. The molecule has 0 N–H and O–H groups in total. The Bertz CT molecular complexity index is 1300. The number of para-hydroxylation sites is 2. The molecule has 0 aliphatic carbocycles. The summed E-state index contributed by atoms with van der Waals surface area (Å²) in [7, 11) is 0. The van der Waals surface area contributed by atoms with E-state index in [0.717, 1.165) is 28.6 Å². The molecule has 6 heteroatoms. The van der Waals surface area contributed by atoms with Crippen LogP contribution in [0, 0.1) is 0 Å². The molecule has 0 radical (unpaired) electrons. The Morgan fingerprint density at radius 1 is 1.11 bits per heavy atom. The van der Waals surface area contributed by atoms with Gasteiger partial charge in [0.1, 0.15) is 6.54 Å². The number of nitrogens with zero attached hydrogens (tertiary/aromatic N) is 3. The molecule has 3 heterocycles. The largest absolute Gasteiger partial charge is 0.465 e. The third kappa shape index (κ3) is 2.37. The second kappa shape index (κ2) is 6.34. The van der Waals surface area contributed by atoms with Gasteiger partial charge in [0.05, 0.1) is 23.2 Å². The van der Waals surface area contributed by atoms with Crippen molar-refractivity contribution in [1.29, 1.82) is 0 Å². The van der Waals surface area contributed by atoms with Crippen LogP contribution in [-0.2, 0) is 29.0 Å². The van der Waals surface area contributed by atoms with Gasteiger partial charge in [0.25, 0.3) is 5.56 Å². The summed E-state index contributed by atoms with van der Waals surface area (Å²) in [5.74, 6) is 0.316. The van der Waals surface area contributed by atoms with Gasteiger partial charge in [0.2, 0.25) is 0 Å². The van der Waals surface area contributed by atoms with Gasteiger partial charge in [-0.3, -0.25) is 14.2 Å². The van der Waals surface area contributed by atoms with E-state index in [0.29, 0.717) is 29.9 Å². The van der Waals surface area contributed by atoms with Crippen LogP contribution in [0.1, 0.15) is 12.5 Å². The fraction of sp³-hybridized carbons (Fsp3) is 0.227. The zero-order valence-corrected chi connectivity index (χ0v) is 15.5. The molecule has 0 bridgehead atoms. The average Bonchev–Trinajstić information content (AvgIpc) is 3.03. The molecule has 1 aliphatic heterocycles. The Hall–Kier alpha value is -3.41. The van der Waals surface area contributed by atoms with Gasteiger partial charge in [0.15, 0.2) is 5.82 Å². The topological polar surface area (TPSA) is 66.1 Å². The van der Waals surface area contributed by atoms with Crippen LogP contribution >= 0.6 is 0 Å². The van der Waals surface area contributed by atoms with E-state index in [1.807, 2.05) is 47.0 Å². The summed E-state index contributed by atoms with van der Waals surface area (Å²) in [4.78, 5) is 30.2. The van der Waals surface area contributed by atoms with Gasteiger partial charge in [0, 0.05) is 17.4 Å². The Morgan fingerprint density at radius 2 is 1.86 bits per heavy atom. The van der Waals surface area contributed by atoms with Gasteiger partial charge < -0.3 is 9.30 Å². The van der Waals surface area contributed by atoms with E-state index in [2.05, 4.69) is 6.07 Å². The van der Waals surface area contributed by atoms with Gasteiger partial charge in [-0.05, 0) is 37.1 Å². The van der Waals surface area contributed by atoms with Crippen LogP contribution in [0.2, 0.25) is 0 Å². The Morgan fingerprint density at radius 3 is 2.68 bits per heavy atom. The predicted octanol–water partition coefficient (Wildman–Crippen LogP) is 3.14. The van der Waals surface area contributed by atoms with Crippen LogP contribution in [0.4, 0.5) is 0 Å². The first-order chi connectivity index (χ1) is 13.7. The lowest BCUT2D eigenvalue weighted by molar-refractivity contribution is -0.143. The monoisotopic (exact) mass is 373 g/mol. The molecule has 28 heavy (non-hydrogen) atoms. The van der Waals surface area contributed by atoms with Crippen molar-refractivity contribution >= 4 is 27.8 Å². The first kappa shape index (κ1) is 16.7. The highest BCUT2D eigenvalue weighted by atomic mass is 16.5. The first-order valence-electron chi connectivity index (χ1n) is 9.44. The van der Waals surface area contributed by atoms with E-state index in [4.69, 9.17) is 9.72 Å². The molecular weight excluding hydrogens is 354 g/mol. The fourth-order valence-electron chi connectivity index (χ4n) is 4.16. The normalized spacial score (nSPS) is 12.8. The molecule has 0 saturated carbocycles. The lowest BCUT2D eigenvalue weighted by Crippen LogP contribution is -2.28. The first-order valence-corrected chi connectivity index (χ1v) is 9.44. The minimum absolute atomic E-state index is 0.0424. The highest BCUT2D eigenvalue weighted by Gasteiger charge is 2.28. The molecule has 1 aliphatic rings. The quantitative estimate of drug-likeness (QED) is 0.518. The van der Waals surface area contributed by atoms with Crippen molar-refractivity contribution in [1.82, 2.24) is 14.1 Å². The minimum Gasteiger partial charge on any atom is -0.465 e. The summed E-state index contributed by atoms with van der Waals surface area (Å²) < 4.78 is 8.86. The maximum atomic E-state index is 13.1. The number of aromatic nitrogens is 3. The van der Waals surface area contributed by atoms with E-state index in [-0.39, 0.29) is 18.1 Å². The average molecular weight is 373 g/mol. The molecule has 0 atom stereocenters. The number of benzene rings is 2. The zero-order valence-electron chi connectivity index (χ0n) is 15.5. The fourth-order valence-corrected chi connectivity index (χ4v) is 4.16. The molecule has 2 aromatic heterocycles. The van der Waals surface area contributed by atoms with Crippen LogP contribution in [-0.4, -0.2) is 26.7 Å². The number of carbonyl (C=O) groups excluding carboxylic acids is 1. The summed E-state index contributed by atoms with van der Waals surface area (Å²) >= 11 is 0. The van der Waals surface area contributed by atoms with Crippen LogP contribution < -0.4 is 5.56 Å². The van der Waals surface area contributed by atoms with Gasteiger partial charge in [-0.25, -0.2) is 4.98 Å². The SMILES string of the molecule is CCOC(=O)Cn1c2c(c3ccccc31)CCn1c-2nc2ccccc2c1=O. The zero-order chi connectivity index (χ0) is 19.3. The molecular formula is C22H19N3O3. The van der Waals surface area contributed by atoms with Crippen LogP contribution in [0.3, 0.4) is 0 Å². The summed E-state index contributed by atoms with van der Waals surface area (Å²) in [6.45, 7) is 2.79. The third-order valence-corrected chi connectivity index (χ3v) is 5.33. The van der Waals surface area contributed by atoms with Crippen LogP contribution in [0.15, 0.2) is 53.3 Å². The summed E-state index contributed by atoms with van der Waals surface area (Å²) in [6, 6.07) is 15.4. The number of rotatable bonds is 3. The third-order valence-electron chi connectivity index (χ3n) is 5.33. The van der Waals surface area contributed by atoms with Crippen LogP contribution in [0.25, 0.3) is 33.3 Å². The van der Waals surface area contributed by atoms with E-state index < -0.39 is 0 Å². The summed E-state index contributed by atoms with van der Waals surface area (Å²) in [6.07, 6.45) is 0.721. The maximum Gasteiger partial charge on any atom is 0.325 e. The summed E-state index contributed by atoms with van der Waals surface area (Å²) in [5, 5.41) is 1.71. The molecule has 0 unspecified atom stereocenters. The van der Waals surface area contributed by atoms with Crippen molar-refractivity contribution < 1.29 is 9.53 Å². The number of hydrogen-bond donors (Lipinski definition) is 0. The molecule has 5 rings (SSSR count). The molecule has 0 spiro atoms. The molecule has 6 nitrogen and oxygen atoms in total. The number of ether oxygens (including phenoxy) is 1. The lowest BCUT2D eigenvalue weighted by Gasteiger charge is -2.21. The van der Waals surface area contributed by atoms with Crippen molar-refractivity contribution in [2.45, 2.75) is 26.4 Å². The lowest BCUT2D eigenvalue weighted by atomic mass is 10.0. The molecule has 0 fully saturated rings. The Balaban J connectivity index is 1.84. The van der Waals surface area contributed by atoms with Crippen molar-refractivity contribution in [3.63, 3.8) is 0 Å². The van der Waals surface area contributed by atoms with Gasteiger partial charge in [-0.1, -0.05) is 30.3 Å². The van der Waals surface area contributed by atoms with Crippen molar-refractivity contribution in [3.05, 3.63) is 64.4 Å². The Labute approximate surface area is 161 Å². The van der Waals surface area contributed by atoms with Crippen molar-refractivity contribution in [2.24, 2.45) is 0 Å². The second-order valence-corrected chi connectivity index (χ2v) is 6.89. The molecule has 0 amide bonds. The molecule has 0 saturated heterocycles. The molecule has 2 aromatic carbocycles. The standard InChI is InChI=1S/C22H19N3O3/c1-2-28-19(26)13-25-18-10-6-4-7-14(18)15-11-12-24-21(20(15)25)23-17-9-5-3-8-16(17)22(24)27/h3-10H,2,11-13H2,1H3. The van der Waals surface area contributed by atoms with Crippen LogP contribution in [0.5, 0.6) is 0 Å². The second-order valence-electron chi connectivity index (χ2n) is 6.89. The number of carbonyl (C=O) groups is 1. The van der Waals surface area contributed by atoms with Gasteiger partial charge >= 0.3 is 5.97 Å². The van der Waals surface area contributed by atoms with Crippen molar-refractivity contribution in [3.8, 4) is 11.5 Å². The van der Waals surface area contributed by atoms with E-state index >= 15 is 0 Å². The summed E-state index contributed by atoms with van der Waals surface area (Å²) in [5.41, 5.74) is 3.54. The molecule has 140 valence electrons. The smallest absolute Gasteiger partial charge is 0.325 e. The van der Waals surface area contributed by atoms with E-state index in [1.54, 1.807) is 11.5 Å². The number of hydrogen-bond acceptors (Lipinski definition) is 4. The Kier molecular flexibility index (Phi) is 3.79. The van der Waals surface area contributed by atoms with E-state index in [9.17, 15) is 9.59 Å². The highest BCUT2D eigenvalue weighted by Crippen LogP contribution is 2.36. The number of fused-ring (bicyclic) bond motifs is 6.